The molecule has 0 saturated heterocycles. The second-order valence-electron chi connectivity index (χ2n) is 7.37. The quantitative estimate of drug-likeness (QED) is 0.333. The zero-order chi connectivity index (χ0) is 26.0. The Morgan fingerprint density at radius 2 is 1.89 bits per heavy atom. The summed E-state index contributed by atoms with van der Waals surface area (Å²) in [4.78, 5) is 32.0. The largest absolute Gasteiger partial charge is 0.465 e. The number of alkyl halides is 3. The van der Waals surface area contributed by atoms with E-state index in [-0.39, 0.29) is 29.6 Å². The molecule has 16 heteroatoms. The van der Waals surface area contributed by atoms with Crippen molar-refractivity contribution in [3.63, 3.8) is 0 Å². The monoisotopic (exact) mass is 524 g/mol. The highest BCUT2D eigenvalue weighted by molar-refractivity contribution is 6.30. The average molecular weight is 525 g/mol. The van der Waals surface area contributed by atoms with Crippen molar-refractivity contribution in [2.24, 2.45) is 0 Å². The van der Waals surface area contributed by atoms with E-state index in [4.69, 9.17) is 16.7 Å². The minimum absolute atomic E-state index is 0.0471. The maximum Gasteiger partial charge on any atom is 0.416 e. The van der Waals surface area contributed by atoms with Gasteiger partial charge in [-0.1, -0.05) is 11.6 Å². The highest BCUT2D eigenvalue weighted by Gasteiger charge is 2.39. The summed E-state index contributed by atoms with van der Waals surface area (Å²) in [6.45, 7) is -1.41. The van der Waals surface area contributed by atoms with Crippen LogP contribution in [0.3, 0.4) is 0 Å². The van der Waals surface area contributed by atoms with Crippen LogP contribution in [0.1, 0.15) is 5.82 Å². The molecule has 0 saturated carbocycles. The molecule has 0 aliphatic rings. The molecule has 3 aromatic heterocycles. The van der Waals surface area contributed by atoms with Crippen molar-refractivity contribution in [1.29, 1.82) is 0 Å². The molecule has 0 spiro atoms. The number of rotatable bonds is 7. The first kappa shape index (κ1) is 24.9. The van der Waals surface area contributed by atoms with Gasteiger partial charge in [-0.25, -0.2) is 23.9 Å². The number of halogens is 4. The predicted octanol–water partition coefficient (Wildman–Crippen LogP) is 2.40. The van der Waals surface area contributed by atoms with Crippen LogP contribution in [-0.2, 0) is 13.1 Å². The number of anilines is 1. The lowest BCUT2D eigenvalue weighted by atomic mass is 10.2. The molecule has 0 unspecified atom stereocenters. The summed E-state index contributed by atoms with van der Waals surface area (Å²) in [6, 6.07) is 7.30. The number of aliphatic hydroxyl groups excluding tert-OH is 1. The Bertz CT molecular complexity index is 1450. The summed E-state index contributed by atoms with van der Waals surface area (Å²) in [5.74, 6) is -0.0782. The molecule has 0 fully saturated rings. The van der Waals surface area contributed by atoms with Gasteiger partial charge in [-0.2, -0.15) is 13.2 Å². The van der Waals surface area contributed by atoms with Gasteiger partial charge in [0, 0.05) is 16.8 Å². The molecule has 188 valence electrons. The van der Waals surface area contributed by atoms with E-state index in [1.807, 2.05) is 0 Å². The summed E-state index contributed by atoms with van der Waals surface area (Å²) >= 11 is 5.88. The summed E-state index contributed by atoms with van der Waals surface area (Å²) in [5, 5.41) is 29.4. The highest BCUT2D eigenvalue weighted by Crippen LogP contribution is 2.24. The van der Waals surface area contributed by atoms with Crippen molar-refractivity contribution in [2.75, 3.05) is 5.32 Å². The lowest BCUT2D eigenvalue weighted by molar-refractivity contribution is -0.207. The first-order valence-corrected chi connectivity index (χ1v) is 10.4. The van der Waals surface area contributed by atoms with Crippen LogP contribution in [0.15, 0.2) is 53.8 Å². The zero-order valence-electron chi connectivity index (χ0n) is 18.0. The van der Waals surface area contributed by atoms with Gasteiger partial charge in [-0.15, -0.1) is 10.2 Å². The number of nitrogens with zero attached hydrogens (tertiary/aromatic N) is 7. The molecule has 1 amide bonds. The van der Waals surface area contributed by atoms with E-state index in [2.05, 4.69) is 25.5 Å². The fraction of sp³-hybridized carbons (Fsp3) is 0.200. The zero-order valence-corrected chi connectivity index (χ0v) is 18.7. The molecule has 0 radical (unpaired) electrons. The molecule has 36 heavy (non-hydrogen) atoms. The van der Waals surface area contributed by atoms with Gasteiger partial charge >= 0.3 is 18.0 Å². The third kappa shape index (κ3) is 5.36. The van der Waals surface area contributed by atoms with E-state index >= 15 is 0 Å². The van der Waals surface area contributed by atoms with E-state index < -0.39 is 30.6 Å². The number of carbonyl (C=O) groups is 1. The van der Waals surface area contributed by atoms with Crippen LogP contribution in [-0.4, -0.2) is 62.7 Å². The average Bonchev–Trinajstić information content (AvgIpc) is 3.39. The Morgan fingerprint density at radius 1 is 1.17 bits per heavy atom. The Morgan fingerprint density at radius 3 is 2.56 bits per heavy atom. The van der Waals surface area contributed by atoms with Gasteiger partial charge < -0.3 is 10.2 Å². The number of carboxylic acid groups (broad SMARTS) is 1. The maximum absolute atomic E-state index is 13.0. The van der Waals surface area contributed by atoms with Crippen molar-refractivity contribution in [3.8, 4) is 17.1 Å². The SMILES string of the molecule is O=C(O)Nc1ccncc1-n1cnc(Cn2nc(-c3ccc(Cl)cc3)n(C[C@H](O)C(F)(F)F)c2=O)n1. The number of aliphatic hydroxyl groups is 1. The van der Waals surface area contributed by atoms with Gasteiger partial charge in [0.25, 0.3) is 0 Å². The third-order valence-electron chi connectivity index (χ3n) is 4.88. The Labute approximate surface area is 204 Å². The van der Waals surface area contributed by atoms with Crippen LogP contribution in [0.4, 0.5) is 23.7 Å². The molecule has 12 nitrogen and oxygen atoms in total. The predicted molar refractivity (Wildman–Crippen MR) is 119 cm³/mol. The van der Waals surface area contributed by atoms with Gasteiger partial charge in [-0.05, 0) is 30.3 Å². The molecule has 0 aliphatic heterocycles. The lowest BCUT2D eigenvalue weighted by Gasteiger charge is -2.15. The minimum atomic E-state index is -4.95. The number of nitrogens with one attached hydrogen (secondary N) is 1. The normalized spacial score (nSPS) is 12.5. The number of hydrogen-bond donors (Lipinski definition) is 3. The Kier molecular flexibility index (Phi) is 6.76. The van der Waals surface area contributed by atoms with Crippen molar-refractivity contribution < 1.29 is 28.2 Å². The minimum Gasteiger partial charge on any atom is -0.465 e. The van der Waals surface area contributed by atoms with E-state index in [9.17, 15) is 27.9 Å². The van der Waals surface area contributed by atoms with Gasteiger partial charge in [0.1, 0.15) is 18.6 Å². The van der Waals surface area contributed by atoms with Crippen molar-refractivity contribution in [2.45, 2.75) is 25.4 Å². The molecule has 4 aromatic rings. The van der Waals surface area contributed by atoms with Gasteiger partial charge in [0.05, 0.1) is 18.4 Å². The number of aromatic nitrogens is 7. The molecule has 0 aliphatic carbocycles. The van der Waals surface area contributed by atoms with E-state index in [0.717, 1.165) is 4.68 Å². The van der Waals surface area contributed by atoms with Crippen LogP contribution in [0.5, 0.6) is 0 Å². The summed E-state index contributed by atoms with van der Waals surface area (Å²) < 4.78 is 41.8. The number of amides is 1. The van der Waals surface area contributed by atoms with Crippen LogP contribution >= 0.6 is 11.6 Å². The smallest absolute Gasteiger partial charge is 0.416 e. The van der Waals surface area contributed by atoms with E-state index in [1.165, 1.54) is 53.7 Å². The standard InChI is InChI=1S/C20H16ClF3N8O4/c21-12-3-1-11(2-4-12)17-29-31(19(36)30(17)8-15(33)20(22,23)24)9-16-26-10-32(28-16)14-7-25-6-5-13(14)27-18(34)35/h1-7,10,15,33H,8-9H2,(H,25,27)(H,34,35)/t15-/m0/s1. The fourth-order valence-corrected chi connectivity index (χ4v) is 3.33. The number of benzene rings is 1. The lowest BCUT2D eigenvalue weighted by Crippen LogP contribution is -2.37. The van der Waals surface area contributed by atoms with Crippen molar-refractivity contribution in [3.05, 3.63) is 70.4 Å². The van der Waals surface area contributed by atoms with Crippen LogP contribution < -0.4 is 11.0 Å². The topological polar surface area (TPSA) is 153 Å². The first-order chi connectivity index (χ1) is 17.0. The summed E-state index contributed by atoms with van der Waals surface area (Å²) in [5.41, 5.74) is -0.231. The van der Waals surface area contributed by atoms with Gasteiger partial charge in [-0.3, -0.25) is 14.9 Å². The second kappa shape index (κ2) is 9.79. The highest BCUT2D eigenvalue weighted by atomic mass is 35.5. The third-order valence-corrected chi connectivity index (χ3v) is 5.13. The van der Waals surface area contributed by atoms with Crippen molar-refractivity contribution >= 4 is 23.4 Å². The first-order valence-electron chi connectivity index (χ1n) is 10.1. The van der Waals surface area contributed by atoms with Crippen LogP contribution in [0.2, 0.25) is 5.02 Å². The molecular formula is C20H16ClF3N8O4. The van der Waals surface area contributed by atoms with E-state index in [0.29, 0.717) is 15.2 Å². The molecule has 4 rings (SSSR count). The second-order valence-corrected chi connectivity index (χ2v) is 7.80. The van der Waals surface area contributed by atoms with Gasteiger partial charge in [0.15, 0.2) is 17.8 Å². The Hall–Kier alpha value is -4.24. The molecule has 0 bridgehead atoms. The van der Waals surface area contributed by atoms with Crippen LogP contribution in [0, 0.1) is 0 Å². The van der Waals surface area contributed by atoms with Crippen LogP contribution in [0.25, 0.3) is 17.1 Å². The summed E-state index contributed by atoms with van der Waals surface area (Å²) in [6.07, 6.45) is -5.12. The molecular weight excluding hydrogens is 509 g/mol. The molecule has 3 heterocycles. The molecule has 1 aromatic carbocycles. The number of pyridine rings is 1. The van der Waals surface area contributed by atoms with E-state index in [1.54, 1.807) is 0 Å². The summed E-state index contributed by atoms with van der Waals surface area (Å²) in [7, 11) is 0. The van der Waals surface area contributed by atoms with Crippen molar-refractivity contribution in [1.82, 2.24) is 34.1 Å². The van der Waals surface area contributed by atoms with Gasteiger partial charge in [0.2, 0.25) is 0 Å². The fourth-order valence-electron chi connectivity index (χ4n) is 3.21. The molecule has 3 N–H and O–H groups in total. The molecule has 1 atom stereocenters. The number of hydrogen-bond acceptors (Lipinski definition) is 7. The maximum atomic E-state index is 13.0. The Balaban J connectivity index is 1.69.